The highest BCUT2D eigenvalue weighted by Gasteiger charge is 2.31. The predicted molar refractivity (Wildman–Crippen MR) is 65.9 cm³/mol. The van der Waals surface area contributed by atoms with Crippen molar-refractivity contribution in [2.24, 2.45) is 0 Å². The lowest BCUT2D eigenvalue weighted by molar-refractivity contribution is -0.384. The van der Waals surface area contributed by atoms with Gasteiger partial charge in [0.1, 0.15) is 11.4 Å². The SMILES string of the molecule is CCOc1ccc(N2C(=O)C=CC2=O)c([N+](=O)[O-])c1. The van der Waals surface area contributed by atoms with E-state index in [2.05, 4.69) is 0 Å². The molecule has 2 rings (SSSR count). The van der Waals surface area contributed by atoms with Gasteiger partial charge in [0.05, 0.1) is 17.6 Å². The molecule has 0 aromatic heterocycles. The Hall–Kier alpha value is -2.70. The number of nitro benzene ring substituents is 1. The van der Waals surface area contributed by atoms with E-state index in [1.807, 2.05) is 0 Å². The van der Waals surface area contributed by atoms with E-state index < -0.39 is 16.7 Å². The molecule has 0 fully saturated rings. The quantitative estimate of drug-likeness (QED) is 0.465. The molecule has 0 radical (unpaired) electrons. The number of nitrogens with zero attached hydrogens (tertiary/aromatic N) is 2. The van der Waals surface area contributed by atoms with Crippen LogP contribution in [0.4, 0.5) is 11.4 Å². The Morgan fingerprint density at radius 1 is 1.26 bits per heavy atom. The van der Waals surface area contributed by atoms with Gasteiger partial charge in [-0.1, -0.05) is 0 Å². The van der Waals surface area contributed by atoms with Crippen LogP contribution in [-0.2, 0) is 9.59 Å². The second-order valence-electron chi connectivity index (χ2n) is 3.69. The maximum Gasteiger partial charge on any atom is 0.297 e. The van der Waals surface area contributed by atoms with Gasteiger partial charge >= 0.3 is 0 Å². The summed E-state index contributed by atoms with van der Waals surface area (Å²) in [6, 6.07) is 3.99. The van der Waals surface area contributed by atoms with Gasteiger partial charge in [-0.05, 0) is 19.1 Å². The summed E-state index contributed by atoms with van der Waals surface area (Å²) >= 11 is 0. The van der Waals surface area contributed by atoms with Crippen molar-refractivity contribution in [3.63, 3.8) is 0 Å². The summed E-state index contributed by atoms with van der Waals surface area (Å²) in [7, 11) is 0. The topological polar surface area (TPSA) is 89.8 Å². The summed E-state index contributed by atoms with van der Waals surface area (Å²) in [5, 5.41) is 11.0. The number of rotatable bonds is 4. The molecule has 0 N–H and O–H groups in total. The number of imide groups is 1. The molecular formula is C12H10N2O5. The molecule has 1 aromatic carbocycles. The van der Waals surface area contributed by atoms with Gasteiger partial charge in [0.15, 0.2) is 0 Å². The van der Waals surface area contributed by atoms with Gasteiger partial charge in [0.25, 0.3) is 17.5 Å². The second-order valence-corrected chi connectivity index (χ2v) is 3.69. The Morgan fingerprint density at radius 2 is 1.89 bits per heavy atom. The van der Waals surface area contributed by atoms with Gasteiger partial charge in [-0.2, -0.15) is 0 Å². The van der Waals surface area contributed by atoms with Crippen molar-refractivity contribution in [2.45, 2.75) is 6.92 Å². The fraction of sp³-hybridized carbons (Fsp3) is 0.167. The molecule has 0 spiro atoms. The maximum atomic E-state index is 11.5. The minimum atomic E-state index is -0.656. The third kappa shape index (κ3) is 2.30. The molecule has 1 aliphatic rings. The number of benzene rings is 1. The van der Waals surface area contributed by atoms with Crippen LogP contribution in [0.5, 0.6) is 5.75 Å². The number of nitro groups is 1. The van der Waals surface area contributed by atoms with Gasteiger partial charge in [-0.3, -0.25) is 19.7 Å². The Morgan fingerprint density at radius 3 is 2.42 bits per heavy atom. The molecule has 0 saturated heterocycles. The van der Waals surface area contributed by atoms with Gasteiger partial charge in [0, 0.05) is 12.2 Å². The monoisotopic (exact) mass is 262 g/mol. The van der Waals surface area contributed by atoms with Crippen LogP contribution in [0.3, 0.4) is 0 Å². The van der Waals surface area contributed by atoms with Gasteiger partial charge < -0.3 is 4.74 Å². The third-order valence-corrected chi connectivity index (χ3v) is 2.50. The van der Waals surface area contributed by atoms with Crippen LogP contribution in [0.25, 0.3) is 0 Å². The van der Waals surface area contributed by atoms with Crippen LogP contribution in [0.2, 0.25) is 0 Å². The van der Waals surface area contributed by atoms with E-state index >= 15 is 0 Å². The Kier molecular flexibility index (Phi) is 3.28. The van der Waals surface area contributed by atoms with Crippen molar-refractivity contribution in [3.05, 3.63) is 40.5 Å². The number of hydrogen-bond donors (Lipinski definition) is 0. The maximum absolute atomic E-state index is 11.5. The smallest absolute Gasteiger partial charge is 0.297 e. The zero-order chi connectivity index (χ0) is 14.0. The van der Waals surface area contributed by atoms with E-state index in [9.17, 15) is 19.7 Å². The zero-order valence-electron chi connectivity index (χ0n) is 10.0. The Bertz CT molecular complexity index is 576. The number of carbonyl (C=O) groups excluding carboxylic acids is 2. The Balaban J connectivity index is 2.48. The van der Waals surface area contributed by atoms with Crippen molar-refractivity contribution >= 4 is 23.2 Å². The molecule has 0 aliphatic carbocycles. The minimum absolute atomic E-state index is 0.0616. The molecule has 0 saturated carbocycles. The van der Waals surface area contributed by atoms with Crippen LogP contribution < -0.4 is 9.64 Å². The van der Waals surface area contributed by atoms with Crippen LogP contribution in [0.1, 0.15) is 6.92 Å². The molecule has 2 amide bonds. The third-order valence-electron chi connectivity index (χ3n) is 2.50. The average molecular weight is 262 g/mol. The molecule has 1 heterocycles. The normalized spacial score (nSPS) is 14.1. The van der Waals surface area contributed by atoms with Crippen molar-refractivity contribution in [3.8, 4) is 5.75 Å². The van der Waals surface area contributed by atoms with Crippen LogP contribution in [0, 0.1) is 10.1 Å². The summed E-state index contributed by atoms with van der Waals surface area (Å²) in [6.07, 6.45) is 2.14. The first-order valence-corrected chi connectivity index (χ1v) is 5.52. The van der Waals surface area contributed by atoms with Crippen molar-refractivity contribution in [1.82, 2.24) is 0 Å². The molecule has 19 heavy (non-hydrogen) atoms. The van der Waals surface area contributed by atoms with Gasteiger partial charge in [-0.15, -0.1) is 0 Å². The molecule has 1 aromatic rings. The van der Waals surface area contributed by atoms with Crippen LogP contribution >= 0.6 is 0 Å². The van der Waals surface area contributed by atoms with E-state index in [1.54, 1.807) is 6.92 Å². The molecule has 7 heteroatoms. The zero-order valence-corrected chi connectivity index (χ0v) is 10.0. The van der Waals surface area contributed by atoms with Crippen LogP contribution in [-0.4, -0.2) is 23.3 Å². The first-order chi connectivity index (χ1) is 9.04. The van der Waals surface area contributed by atoms with Gasteiger partial charge in [0.2, 0.25) is 0 Å². The molecule has 0 atom stereocenters. The van der Waals surface area contributed by atoms with Gasteiger partial charge in [-0.25, -0.2) is 4.90 Å². The molecule has 1 aliphatic heterocycles. The standard InChI is InChI=1S/C12H10N2O5/c1-2-19-8-3-4-9(10(7-8)14(17)18)13-11(15)5-6-12(13)16/h3-7H,2H2,1H3. The number of carbonyl (C=O) groups is 2. The number of ether oxygens (including phenoxy) is 1. The van der Waals surface area contributed by atoms with E-state index in [-0.39, 0.29) is 11.4 Å². The summed E-state index contributed by atoms with van der Waals surface area (Å²) in [6.45, 7) is 2.11. The number of hydrogen-bond acceptors (Lipinski definition) is 5. The largest absolute Gasteiger partial charge is 0.494 e. The lowest BCUT2D eigenvalue weighted by Gasteiger charge is -2.14. The molecule has 7 nitrogen and oxygen atoms in total. The van der Waals surface area contributed by atoms with E-state index in [0.29, 0.717) is 12.4 Å². The fourth-order valence-electron chi connectivity index (χ4n) is 1.73. The van der Waals surface area contributed by atoms with E-state index in [0.717, 1.165) is 17.1 Å². The Labute approximate surface area is 108 Å². The lowest BCUT2D eigenvalue weighted by atomic mass is 10.2. The van der Waals surface area contributed by atoms with Crippen molar-refractivity contribution in [2.75, 3.05) is 11.5 Å². The highest BCUT2D eigenvalue weighted by Crippen LogP contribution is 2.33. The highest BCUT2D eigenvalue weighted by atomic mass is 16.6. The molecule has 98 valence electrons. The first kappa shape index (κ1) is 12.7. The average Bonchev–Trinajstić information content (AvgIpc) is 2.70. The summed E-state index contributed by atoms with van der Waals surface area (Å²) in [4.78, 5) is 34.2. The number of anilines is 1. The highest BCUT2D eigenvalue weighted by molar-refractivity contribution is 6.28. The lowest BCUT2D eigenvalue weighted by Crippen LogP contribution is -2.30. The van der Waals surface area contributed by atoms with Crippen molar-refractivity contribution in [1.29, 1.82) is 0 Å². The van der Waals surface area contributed by atoms with E-state index in [1.165, 1.54) is 18.2 Å². The second kappa shape index (κ2) is 4.89. The van der Waals surface area contributed by atoms with Crippen LogP contribution in [0.15, 0.2) is 30.4 Å². The van der Waals surface area contributed by atoms with E-state index in [4.69, 9.17) is 4.74 Å². The van der Waals surface area contributed by atoms with Crippen molar-refractivity contribution < 1.29 is 19.2 Å². The minimum Gasteiger partial charge on any atom is -0.494 e. The predicted octanol–water partition coefficient (Wildman–Crippen LogP) is 1.42. The summed E-state index contributed by atoms with van der Waals surface area (Å²) in [5.41, 5.74) is -0.412. The first-order valence-electron chi connectivity index (χ1n) is 5.52. The molecule has 0 bridgehead atoms. The molecule has 0 unspecified atom stereocenters. The summed E-state index contributed by atoms with van der Waals surface area (Å²) in [5.74, 6) is -0.889. The molecular weight excluding hydrogens is 252 g/mol. The summed E-state index contributed by atoms with van der Waals surface area (Å²) < 4.78 is 5.16. The number of amides is 2. The fourth-order valence-corrected chi connectivity index (χ4v) is 1.73.